The summed E-state index contributed by atoms with van der Waals surface area (Å²) >= 11 is 0. The van der Waals surface area contributed by atoms with Crippen molar-refractivity contribution in [2.75, 3.05) is 18.1 Å². The molecule has 1 aliphatic carbocycles. The molecule has 1 rings (SSSR count). The number of hydrogen-bond donors (Lipinski definition) is 2. The van der Waals surface area contributed by atoms with Crippen molar-refractivity contribution in [1.82, 2.24) is 5.32 Å². The molecule has 0 aromatic heterocycles. The standard InChI is InChI=1S/C10H19NO3S/c12-6-8-15(14)7-5-10(13)11-9-3-1-2-4-9/h9,12H,1-8H2,(H,11,13). The molecular formula is C10H19NO3S. The fraction of sp³-hybridized carbons (Fsp3) is 0.900. The molecule has 0 radical (unpaired) electrons. The molecule has 2 N–H and O–H groups in total. The first-order valence-corrected chi connectivity index (χ1v) is 6.96. The van der Waals surface area contributed by atoms with Gasteiger partial charge < -0.3 is 10.4 Å². The predicted molar refractivity (Wildman–Crippen MR) is 60.0 cm³/mol. The third-order valence-corrected chi connectivity index (χ3v) is 3.89. The Morgan fingerprint density at radius 3 is 2.60 bits per heavy atom. The van der Waals surface area contributed by atoms with E-state index in [0.717, 1.165) is 12.8 Å². The van der Waals surface area contributed by atoms with Gasteiger partial charge in [-0.1, -0.05) is 12.8 Å². The van der Waals surface area contributed by atoms with Crippen LogP contribution in [0.1, 0.15) is 32.1 Å². The fourth-order valence-corrected chi connectivity index (χ4v) is 2.60. The van der Waals surface area contributed by atoms with Crippen molar-refractivity contribution < 1.29 is 14.1 Å². The Morgan fingerprint density at radius 2 is 2.00 bits per heavy atom. The van der Waals surface area contributed by atoms with Crippen molar-refractivity contribution in [1.29, 1.82) is 0 Å². The fourth-order valence-electron chi connectivity index (χ4n) is 1.78. The quantitative estimate of drug-likeness (QED) is 0.687. The number of rotatable bonds is 6. The number of carbonyl (C=O) groups is 1. The van der Waals surface area contributed by atoms with Crippen LogP contribution < -0.4 is 5.32 Å². The van der Waals surface area contributed by atoms with Crippen LogP contribution in [0.15, 0.2) is 0 Å². The summed E-state index contributed by atoms with van der Waals surface area (Å²) in [6.45, 7) is -0.0726. The Morgan fingerprint density at radius 1 is 1.33 bits per heavy atom. The zero-order chi connectivity index (χ0) is 11.1. The minimum absolute atomic E-state index is 0.00631. The maximum absolute atomic E-state index is 11.4. The summed E-state index contributed by atoms with van der Waals surface area (Å²) in [6, 6.07) is 0.337. The first-order valence-electron chi connectivity index (χ1n) is 5.47. The summed E-state index contributed by atoms with van der Waals surface area (Å²) in [5.74, 6) is 0.628. The van der Waals surface area contributed by atoms with Gasteiger partial charge in [0.25, 0.3) is 0 Å². The van der Waals surface area contributed by atoms with Gasteiger partial charge in [0.15, 0.2) is 0 Å². The summed E-state index contributed by atoms with van der Waals surface area (Å²) in [6.07, 6.45) is 4.85. The second-order valence-corrected chi connectivity index (χ2v) is 5.57. The lowest BCUT2D eigenvalue weighted by Crippen LogP contribution is -2.33. The summed E-state index contributed by atoms with van der Waals surface area (Å²) in [5, 5.41) is 11.5. The lowest BCUT2D eigenvalue weighted by Gasteiger charge is -2.11. The van der Waals surface area contributed by atoms with Crippen LogP contribution in [-0.2, 0) is 15.6 Å². The molecule has 1 atom stereocenters. The number of amides is 1. The third kappa shape index (κ3) is 5.28. The van der Waals surface area contributed by atoms with Crippen LogP contribution in [-0.4, -0.2) is 39.4 Å². The monoisotopic (exact) mass is 233 g/mol. The van der Waals surface area contributed by atoms with Crippen LogP contribution in [0.25, 0.3) is 0 Å². The summed E-state index contributed by atoms with van der Waals surface area (Å²) in [4.78, 5) is 11.4. The number of aliphatic hydroxyl groups excluding tert-OH is 1. The molecule has 1 amide bonds. The Bertz CT molecular complexity index is 227. The maximum Gasteiger partial charge on any atom is 0.221 e. The molecule has 0 aliphatic heterocycles. The zero-order valence-corrected chi connectivity index (χ0v) is 9.72. The Kier molecular flexibility index (Phi) is 5.86. The first-order chi connectivity index (χ1) is 7.22. The van der Waals surface area contributed by atoms with Gasteiger partial charge in [-0.05, 0) is 12.8 Å². The molecule has 0 spiro atoms. The summed E-state index contributed by atoms with van der Waals surface area (Å²) in [7, 11) is -1.05. The van der Waals surface area contributed by atoms with Gasteiger partial charge in [-0.15, -0.1) is 0 Å². The van der Waals surface area contributed by atoms with Gasteiger partial charge in [0.05, 0.1) is 6.61 Å². The molecule has 4 nitrogen and oxygen atoms in total. The van der Waals surface area contributed by atoms with Crippen LogP contribution in [0.4, 0.5) is 0 Å². The van der Waals surface area contributed by atoms with Crippen LogP contribution in [0, 0.1) is 0 Å². The van der Waals surface area contributed by atoms with Gasteiger partial charge in [-0.2, -0.15) is 0 Å². The molecule has 0 heterocycles. The minimum atomic E-state index is -1.05. The van der Waals surface area contributed by atoms with Crippen LogP contribution >= 0.6 is 0 Å². The smallest absolute Gasteiger partial charge is 0.221 e. The van der Waals surface area contributed by atoms with Gasteiger partial charge in [-0.3, -0.25) is 9.00 Å². The van der Waals surface area contributed by atoms with Crippen molar-refractivity contribution in [3.63, 3.8) is 0 Å². The van der Waals surface area contributed by atoms with Crippen molar-refractivity contribution in [2.45, 2.75) is 38.1 Å². The second-order valence-electron chi connectivity index (χ2n) is 3.87. The molecular weight excluding hydrogens is 214 g/mol. The second kappa shape index (κ2) is 6.95. The van der Waals surface area contributed by atoms with E-state index in [2.05, 4.69) is 5.32 Å². The van der Waals surface area contributed by atoms with Crippen molar-refractivity contribution in [3.05, 3.63) is 0 Å². The van der Waals surface area contributed by atoms with Crippen LogP contribution in [0.3, 0.4) is 0 Å². The van der Waals surface area contributed by atoms with E-state index in [1.807, 2.05) is 0 Å². The van der Waals surface area contributed by atoms with E-state index in [-0.39, 0.29) is 18.3 Å². The van der Waals surface area contributed by atoms with Crippen molar-refractivity contribution in [3.8, 4) is 0 Å². The van der Waals surface area contributed by atoms with Crippen molar-refractivity contribution in [2.24, 2.45) is 0 Å². The lowest BCUT2D eigenvalue weighted by molar-refractivity contribution is -0.121. The molecule has 88 valence electrons. The number of nitrogens with one attached hydrogen (secondary N) is 1. The first kappa shape index (κ1) is 12.6. The van der Waals surface area contributed by atoms with E-state index in [1.54, 1.807) is 0 Å². The molecule has 0 aromatic carbocycles. The van der Waals surface area contributed by atoms with Crippen LogP contribution in [0.5, 0.6) is 0 Å². The number of carbonyl (C=O) groups excluding carboxylic acids is 1. The topological polar surface area (TPSA) is 66.4 Å². The number of aliphatic hydroxyl groups is 1. The highest BCUT2D eigenvalue weighted by Gasteiger charge is 2.17. The van der Waals surface area contributed by atoms with Gasteiger partial charge in [0, 0.05) is 34.8 Å². The highest BCUT2D eigenvalue weighted by molar-refractivity contribution is 7.85. The average molecular weight is 233 g/mol. The highest BCUT2D eigenvalue weighted by atomic mass is 32.2. The molecule has 0 aromatic rings. The zero-order valence-electron chi connectivity index (χ0n) is 8.91. The largest absolute Gasteiger partial charge is 0.395 e. The maximum atomic E-state index is 11.4. The molecule has 5 heteroatoms. The predicted octanol–water partition coefficient (Wildman–Crippen LogP) is 0.176. The normalized spacial score (nSPS) is 19.0. The van der Waals surface area contributed by atoms with Crippen LogP contribution in [0.2, 0.25) is 0 Å². The molecule has 1 saturated carbocycles. The summed E-state index contributed by atoms with van der Waals surface area (Å²) < 4.78 is 11.2. The SMILES string of the molecule is O=C(CCS(=O)CCO)NC1CCCC1. The molecule has 0 bridgehead atoms. The highest BCUT2D eigenvalue weighted by Crippen LogP contribution is 2.17. The van der Waals surface area contributed by atoms with Gasteiger partial charge in [0.1, 0.15) is 0 Å². The Hall–Kier alpha value is -0.420. The lowest BCUT2D eigenvalue weighted by atomic mass is 10.2. The van der Waals surface area contributed by atoms with E-state index < -0.39 is 10.8 Å². The van der Waals surface area contributed by atoms with E-state index >= 15 is 0 Å². The molecule has 1 aliphatic rings. The van der Waals surface area contributed by atoms with Gasteiger partial charge in [-0.25, -0.2) is 0 Å². The van der Waals surface area contributed by atoms with E-state index in [9.17, 15) is 9.00 Å². The van der Waals surface area contributed by atoms with Gasteiger partial charge >= 0.3 is 0 Å². The van der Waals surface area contributed by atoms with E-state index in [1.165, 1.54) is 12.8 Å². The number of hydrogen-bond acceptors (Lipinski definition) is 3. The van der Waals surface area contributed by atoms with E-state index in [0.29, 0.717) is 18.2 Å². The molecule has 1 unspecified atom stereocenters. The van der Waals surface area contributed by atoms with E-state index in [4.69, 9.17) is 5.11 Å². The molecule has 0 saturated heterocycles. The Balaban J connectivity index is 2.10. The third-order valence-electron chi connectivity index (χ3n) is 2.60. The average Bonchev–Trinajstić information content (AvgIpc) is 2.68. The van der Waals surface area contributed by atoms with Gasteiger partial charge in [0.2, 0.25) is 5.91 Å². The van der Waals surface area contributed by atoms with Crippen molar-refractivity contribution >= 4 is 16.7 Å². The minimum Gasteiger partial charge on any atom is -0.395 e. The molecule has 1 fully saturated rings. The summed E-state index contributed by atoms with van der Waals surface area (Å²) in [5.41, 5.74) is 0. The Labute approximate surface area is 92.9 Å². The molecule has 15 heavy (non-hydrogen) atoms.